The molecule has 0 atom stereocenters. The van der Waals surface area contributed by atoms with Crippen LogP contribution in [0, 0.1) is 12.7 Å². The number of hydrogen-bond acceptors (Lipinski definition) is 5. The highest BCUT2D eigenvalue weighted by atomic mass is 79.9. The lowest BCUT2D eigenvalue weighted by molar-refractivity contribution is 0.620. The van der Waals surface area contributed by atoms with Gasteiger partial charge in [0.2, 0.25) is 0 Å². The normalized spacial score (nSPS) is 10.2. The Morgan fingerprint density at radius 2 is 2.00 bits per heavy atom. The quantitative estimate of drug-likeness (QED) is 0.600. The summed E-state index contributed by atoms with van der Waals surface area (Å²) in [7, 11) is 0. The number of halogens is 2. The lowest BCUT2D eigenvalue weighted by Gasteiger charge is -2.10. The molecule has 0 amide bonds. The molecule has 1 aromatic heterocycles. The van der Waals surface area contributed by atoms with Crippen molar-refractivity contribution in [2.45, 2.75) is 6.92 Å². The van der Waals surface area contributed by atoms with Crippen molar-refractivity contribution in [2.24, 2.45) is 5.84 Å². The Morgan fingerprint density at radius 3 is 2.72 bits per heavy atom. The van der Waals surface area contributed by atoms with Crippen LogP contribution in [-0.4, -0.2) is 9.97 Å². The highest BCUT2D eigenvalue weighted by Crippen LogP contribution is 2.26. The van der Waals surface area contributed by atoms with Crippen LogP contribution in [-0.2, 0) is 0 Å². The largest absolute Gasteiger partial charge is 0.339 e. The summed E-state index contributed by atoms with van der Waals surface area (Å²) in [6.07, 6.45) is 3.05. The number of nitrogens with one attached hydrogen (secondary N) is 2. The molecule has 0 aliphatic rings. The molecule has 2 aromatic rings. The molecule has 0 spiro atoms. The molecular formula is C11H11BrFN5. The van der Waals surface area contributed by atoms with Gasteiger partial charge in [0.1, 0.15) is 5.82 Å². The molecule has 18 heavy (non-hydrogen) atoms. The summed E-state index contributed by atoms with van der Waals surface area (Å²) >= 11 is 3.14. The number of aromatic nitrogens is 2. The average Bonchev–Trinajstić information content (AvgIpc) is 2.36. The van der Waals surface area contributed by atoms with Crippen LogP contribution >= 0.6 is 15.9 Å². The minimum Gasteiger partial charge on any atom is -0.339 e. The lowest BCUT2D eigenvalue weighted by atomic mass is 10.2. The smallest absolute Gasteiger partial charge is 0.160 e. The summed E-state index contributed by atoms with van der Waals surface area (Å²) in [6.45, 7) is 1.80. The van der Waals surface area contributed by atoms with Crippen LogP contribution in [0.5, 0.6) is 0 Å². The minimum absolute atomic E-state index is 0.304. The molecule has 2 rings (SSSR count). The van der Waals surface area contributed by atoms with Crippen LogP contribution in [0.15, 0.2) is 29.0 Å². The maximum atomic E-state index is 13.3. The fourth-order valence-electron chi connectivity index (χ4n) is 1.41. The molecule has 5 nitrogen and oxygen atoms in total. The van der Waals surface area contributed by atoms with Crippen molar-refractivity contribution in [2.75, 3.05) is 10.7 Å². The third kappa shape index (κ3) is 2.74. The molecule has 4 N–H and O–H groups in total. The van der Waals surface area contributed by atoms with E-state index in [1.165, 1.54) is 12.3 Å². The fraction of sp³-hybridized carbons (Fsp3) is 0.0909. The van der Waals surface area contributed by atoms with Crippen LogP contribution in [0.1, 0.15) is 5.56 Å². The van der Waals surface area contributed by atoms with E-state index in [9.17, 15) is 4.39 Å². The van der Waals surface area contributed by atoms with Gasteiger partial charge < -0.3 is 10.7 Å². The van der Waals surface area contributed by atoms with Gasteiger partial charge in [0.05, 0.1) is 16.9 Å². The van der Waals surface area contributed by atoms with Gasteiger partial charge in [0.15, 0.2) is 11.6 Å². The van der Waals surface area contributed by atoms with Crippen molar-refractivity contribution in [3.8, 4) is 0 Å². The number of nitrogens with zero attached hydrogens (tertiary/aromatic N) is 2. The lowest BCUT2D eigenvalue weighted by Crippen LogP contribution is -2.09. The monoisotopic (exact) mass is 311 g/mol. The van der Waals surface area contributed by atoms with Crippen molar-refractivity contribution in [3.05, 3.63) is 40.4 Å². The zero-order chi connectivity index (χ0) is 13.1. The Labute approximate surface area is 112 Å². The molecule has 7 heteroatoms. The van der Waals surface area contributed by atoms with Crippen LogP contribution in [0.2, 0.25) is 0 Å². The van der Waals surface area contributed by atoms with Crippen LogP contribution < -0.4 is 16.6 Å². The fourth-order valence-corrected chi connectivity index (χ4v) is 1.76. The van der Waals surface area contributed by atoms with Crippen LogP contribution in [0.25, 0.3) is 0 Å². The second-order valence-electron chi connectivity index (χ2n) is 3.64. The third-order valence-electron chi connectivity index (χ3n) is 2.31. The standard InChI is InChI=1S/C11H11BrFN5/c1-6-2-8(13)7(12)3-9(6)16-10-4-15-5-11(17-10)18-14/h2-5H,14H2,1H3,(H2,16,17,18). The molecule has 0 unspecified atom stereocenters. The number of anilines is 3. The zero-order valence-corrected chi connectivity index (χ0v) is 11.1. The van der Waals surface area contributed by atoms with E-state index < -0.39 is 0 Å². The maximum Gasteiger partial charge on any atom is 0.160 e. The minimum atomic E-state index is -0.304. The van der Waals surface area contributed by atoms with Gasteiger partial charge in [0, 0.05) is 5.69 Å². The van der Waals surface area contributed by atoms with Crippen molar-refractivity contribution < 1.29 is 4.39 Å². The molecule has 0 saturated carbocycles. The first kappa shape index (κ1) is 12.7. The molecule has 0 aliphatic heterocycles. The van der Waals surface area contributed by atoms with Gasteiger partial charge >= 0.3 is 0 Å². The van der Waals surface area contributed by atoms with E-state index in [-0.39, 0.29) is 5.82 Å². The van der Waals surface area contributed by atoms with E-state index >= 15 is 0 Å². The Balaban J connectivity index is 2.30. The first-order valence-electron chi connectivity index (χ1n) is 5.11. The predicted molar refractivity (Wildman–Crippen MR) is 72.0 cm³/mol. The highest BCUT2D eigenvalue weighted by molar-refractivity contribution is 9.10. The second kappa shape index (κ2) is 5.28. The number of nitrogen functional groups attached to an aromatic ring is 1. The van der Waals surface area contributed by atoms with Crippen molar-refractivity contribution in [1.29, 1.82) is 0 Å². The Hall–Kier alpha value is -1.73. The highest BCUT2D eigenvalue weighted by Gasteiger charge is 2.06. The molecule has 0 fully saturated rings. The number of nitrogens with two attached hydrogens (primary N) is 1. The summed E-state index contributed by atoms with van der Waals surface area (Å²) in [5, 5.41) is 3.05. The molecule has 0 saturated heterocycles. The number of hydrazine groups is 1. The van der Waals surface area contributed by atoms with Gasteiger partial charge in [0.25, 0.3) is 0 Å². The number of benzene rings is 1. The van der Waals surface area contributed by atoms with Gasteiger partial charge in [-0.1, -0.05) is 0 Å². The summed E-state index contributed by atoms with van der Waals surface area (Å²) < 4.78 is 13.7. The van der Waals surface area contributed by atoms with E-state index in [1.807, 2.05) is 0 Å². The maximum absolute atomic E-state index is 13.3. The molecule has 1 heterocycles. The van der Waals surface area contributed by atoms with E-state index in [2.05, 4.69) is 36.6 Å². The van der Waals surface area contributed by atoms with Gasteiger partial charge in [-0.05, 0) is 40.5 Å². The van der Waals surface area contributed by atoms with E-state index in [0.717, 1.165) is 11.3 Å². The van der Waals surface area contributed by atoms with Gasteiger partial charge in [-0.25, -0.2) is 15.2 Å². The van der Waals surface area contributed by atoms with E-state index in [0.29, 0.717) is 16.1 Å². The van der Waals surface area contributed by atoms with Gasteiger partial charge in [-0.3, -0.25) is 4.98 Å². The SMILES string of the molecule is Cc1cc(F)c(Br)cc1Nc1cncc(NN)n1. The van der Waals surface area contributed by atoms with Crippen LogP contribution in [0.3, 0.4) is 0 Å². The number of hydrogen-bond donors (Lipinski definition) is 3. The number of rotatable bonds is 3. The molecule has 0 radical (unpaired) electrons. The Bertz CT molecular complexity index is 575. The summed E-state index contributed by atoms with van der Waals surface area (Å²) in [4.78, 5) is 8.13. The zero-order valence-electron chi connectivity index (χ0n) is 9.54. The van der Waals surface area contributed by atoms with E-state index in [1.54, 1.807) is 19.2 Å². The Morgan fingerprint density at radius 1 is 1.28 bits per heavy atom. The summed E-state index contributed by atoms with van der Waals surface area (Å²) in [5.41, 5.74) is 3.91. The summed E-state index contributed by atoms with van der Waals surface area (Å²) in [6, 6.07) is 3.08. The van der Waals surface area contributed by atoms with Gasteiger partial charge in [-0.2, -0.15) is 0 Å². The number of aryl methyl sites for hydroxylation is 1. The average molecular weight is 312 g/mol. The van der Waals surface area contributed by atoms with Crippen molar-refractivity contribution in [3.63, 3.8) is 0 Å². The predicted octanol–water partition coefficient (Wildman–Crippen LogP) is 2.72. The molecule has 94 valence electrons. The first-order valence-corrected chi connectivity index (χ1v) is 5.91. The third-order valence-corrected chi connectivity index (χ3v) is 2.92. The van der Waals surface area contributed by atoms with Crippen molar-refractivity contribution >= 4 is 33.3 Å². The van der Waals surface area contributed by atoms with E-state index in [4.69, 9.17) is 5.84 Å². The molecule has 0 bridgehead atoms. The Kier molecular flexibility index (Phi) is 3.73. The van der Waals surface area contributed by atoms with Crippen molar-refractivity contribution in [1.82, 2.24) is 9.97 Å². The first-order chi connectivity index (χ1) is 8.60. The molecular weight excluding hydrogens is 301 g/mol. The van der Waals surface area contributed by atoms with Crippen LogP contribution in [0.4, 0.5) is 21.7 Å². The topological polar surface area (TPSA) is 75.9 Å². The summed E-state index contributed by atoms with van der Waals surface area (Å²) in [5.74, 6) is 5.91. The molecule has 1 aromatic carbocycles. The second-order valence-corrected chi connectivity index (χ2v) is 4.49. The molecule has 0 aliphatic carbocycles. The van der Waals surface area contributed by atoms with Gasteiger partial charge in [-0.15, -0.1) is 0 Å².